The zero-order chi connectivity index (χ0) is 12.3. The van der Waals surface area contributed by atoms with Gasteiger partial charge in [0.1, 0.15) is 6.07 Å². The van der Waals surface area contributed by atoms with Crippen molar-refractivity contribution in [3.63, 3.8) is 0 Å². The highest BCUT2D eigenvalue weighted by Crippen LogP contribution is 2.13. The number of aryl methyl sites for hydroxylation is 1. The molecule has 2 rings (SSSR count). The van der Waals surface area contributed by atoms with Gasteiger partial charge in [-0.25, -0.2) is 9.99 Å². The first-order valence-electron chi connectivity index (χ1n) is 5.77. The first kappa shape index (κ1) is 11.8. The summed E-state index contributed by atoms with van der Waals surface area (Å²) in [6.45, 7) is 5.87. The molecule has 0 atom stereocenters. The molecule has 0 amide bonds. The molecule has 5 nitrogen and oxygen atoms in total. The van der Waals surface area contributed by atoms with E-state index in [1.54, 1.807) is 6.07 Å². The van der Waals surface area contributed by atoms with Gasteiger partial charge in [0.15, 0.2) is 5.82 Å². The maximum absolute atomic E-state index is 9.02. The molecule has 0 aliphatic carbocycles. The van der Waals surface area contributed by atoms with E-state index in [1.165, 1.54) is 0 Å². The molecule has 17 heavy (non-hydrogen) atoms. The van der Waals surface area contributed by atoms with Crippen LogP contribution in [0, 0.1) is 18.3 Å². The standard InChI is InChI=1S/C12H17N5/c1-10-3-4-11(9-13)12(14-10)15-17-7-5-16(2)6-8-17/h3-4H,5-8H2,1-2H3,(H,14,15). The number of nitriles is 1. The Morgan fingerprint density at radius 1 is 1.29 bits per heavy atom. The second-order valence-electron chi connectivity index (χ2n) is 4.36. The summed E-state index contributed by atoms with van der Waals surface area (Å²) in [4.78, 5) is 6.65. The van der Waals surface area contributed by atoms with Crippen LogP contribution in [-0.2, 0) is 0 Å². The van der Waals surface area contributed by atoms with E-state index < -0.39 is 0 Å². The minimum Gasteiger partial charge on any atom is -0.304 e. The topological polar surface area (TPSA) is 55.2 Å². The van der Waals surface area contributed by atoms with Crippen LogP contribution < -0.4 is 5.43 Å². The predicted octanol–water partition coefficient (Wildman–Crippen LogP) is 0.836. The molecule has 1 N–H and O–H groups in total. The highest BCUT2D eigenvalue weighted by atomic mass is 15.5. The van der Waals surface area contributed by atoms with Gasteiger partial charge in [0.2, 0.25) is 0 Å². The largest absolute Gasteiger partial charge is 0.304 e. The van der Waals surface area contributed by atoms with Gasteiger partial charge < -0.3 is 10.3 Å². The lowest BCUT2D eigenvalue weighted by Crippen LogP contribution is -2.47. The molecule has 1 aromatic rings. The van der Waals surface area contributed by atoms with Crippen molar-refractivity contribution in [2.45, 2.75) is 6.92 Å². The molecule has 1 aliphatic heterocycles. The maximum atomic E-state index is 9.02. The number of rotatable bonds is 2. The zero-order valence-electron chi connectivity index (χ0n) is 10.3. The summed E-state index contributed by atoms with van der Waals surface area (Å²) in [5, 5.41) is 11.1. The number of hydrogen-bond acceptors (Lipinski definition) is 5. The number of anilines is 1. The summed E-state index contributed by atoms with van der Waals surface area (Å²) in [5.41, 5.74) is 4.74. The van der Waals surface area contributed by atoms with Crippen LogP contribution in [-0.4, -0.2) is 48.1 Å². The SMILES string of the molecule is Cc1ccc(C#N)c(NN2CCN(C)CC2)n1. The lowest BCUT2D eigenvalue weighted by Gasteiger charge is -2.32. The van der Waals surface area contributed by atoms with Gasteiger partial charge >= 0.3 is 0 Å². The van der Waals surface area contributed by atoms with Gasteiger partial charge in [0.05, 0.1) is 5.56 Å². The minimum absolute atomic E-state index is 0.592. The van der Waals surface area contributed by atoms with Crippen LogP contribution in [0.1, 0.15) is 11.3 Å². The summed E-state index contributed by atoms with van der Waals surface area (Å²) in [6.07, 6.45) is 0. The number of nitrogens with one attached hydrogen (secondary N) is 1. The average Bonchev–Trinajstić information content (AvgIpc) is 2.32. The normalized spacial score (nSPS) is 17.7. The highest BCUT2D eigenvalue weighted by Gasteiger charge is 2.15. The second kappa shape index (κ2) is 5.13. The molecule has 1 saturated heterocycles. The average molecular weight is 231 g/mol. The predicted molar refractivity (Wildman–Crippen MR) is 66.4 cm³/mol. The zero-order valence-corrected chi connectivity index (χ0v) is 10.3. The highest BCUT2D eigenvalue weighted by molar-refractivity contribution is 5.51. The van der Waals surface area contributed by atoms with Crippen molar-refractivity contribution in [2.75, 3.05) is 38.7 Å². The molecule has 0 aromatic carbocycles. The van der Waals surface area contributed by atoms with Gasteiger partial charge in [0.25, 0.3) is 0 Å². The molecule has 0 saturated carbocycles. The molecular weight excluding hydrogens is 214 g/mol. The molecule has 1 fully saturated rings. The Kier molecular flexibility index (Phi) is 3.57. The summed E-state index contributed by atoms with van der Waals surface area (Å²) in [6, 6.07) is 5.82. The summed E-state index contributed by atoms with van der Waals surface area (Å²) in [5.74, 6) is 0.664. The second-order valence-corrected chi connectivity index (χ2v) is 4.36. The maximum Gasteiger partial charge on any atom is 0.158 e. The Balaban J connectivity index is 2.08. The van der Waals surface area contributed by atoms with Crippen LogP contribution in [0.25, 0.3) is 0 Å². The van der Waals surface area contributed by atoms with Crippen LogP contribution >= 0.6 is 0 Å². The number of piperazine rings is 1. The van der Waals surface area contributed by atoms with Crippen LogP contribution in [0.4, 0.5) is 5.82 Å². The first-order chi connectivity index (χ1) is 8.19. The molecule has 1 aromatic heterocycles. The lowest BCUT2D eigenvalue weighted by atomic mass is 10.2. The minimum atomic E-state index is 0.592. The molecule has 2 heterocycles. The number of hydrogen-bond donors (Lipinski definition) is 1. The Morgan fingerprint density at radius 3 is 2.65 bits per heavy atom. The van der Waals surface area contributed by atoms with Crippen molar-refractivity contribution < 1.29 is 0 Å². The van der Waals surface area contributed by atoms with E-state index >= 15 is 0 Å². The summed E-state index contributed by atoms with van der Waals surface area (Å²) >= 11 is 0. The number of likely N-dealkylation sites (N-methyl/N-ethyl adjacent to an activating group) is 1. The van der Waals surface area contributed by atoms with Crippen molar-refractivity contribution in [1.82, 2.24) is 14.9 Å². The first-order valence-corrected chi connectivity index (χ1v) is 5.77. The number of pyridine rings is 1. The molecule has 1 aliphatic rings. The third-order valence-electron chi connectivity index (χ3n) is 2.92. The van der Waals surface area contributed by atoms with E-state index in [0.29, 0.717) is 11.4 Å². The third kappa shape index (κ3) is 2.93. The smallest absolute Gasteiger partial charge is 0.158 e. The van der Waals surface area contributed by atoms with Crippen molar-refractivity contribution in [1.29, 1.82) is 5.26 Å². The summed E-state index contributed by atoms with van der Waals surface area (Å²) < 4.78 is 0. The van der Waals surface area contributed by atoms with E-state index in [-0.39, 0.29) is 0 Å². The number of nitrogens with zero attached hydrogens (tertiary/aromatic N) is 4. The van der Waals surface area contributed by atoms with Gasteiger partial charge in [-0.1, -0.05) is 0 Å². The molecule has 90 valence electrons. The van der Waals surface area contributed by atoms with Crippen molar-refractivity contribution in [3.05, 3.63) is 23.4 Å². The van der Waals surface area contributed by atoms with E-state index in [1.807, 2.05) is 13.0 Å². The lowest BCUT2D eigenvalue weighted by molar-refractivity contribution is 0.178. The van der Waals surface area contributed by atoms with Crippen LogP contribution in [0.5, 0.6) is 0 Å². The Bertz CT molecular complexity index is 429. The number of aromatic nitrogens is 1. The summed E-state index contributed by atoms with van der Waals surface area (Å²) in [7, 11) is 2.11. The molecule has 0 bridgehead atoms. The van der Waals surface area contributed by atoms with Gasteiger partial charge in [-0.2, -0.15) is 5.26 Å². The molecule has 0 radical (unpaired) electrons. The van der Waals surface area contributed by atoms with E-state index in [9.17, 15) is 0 Å². The van der Waals surface area contributed by atoms with E-state index in [0.717, 1.165) is 31.9 Å². The van der Waals surface area contributed by atoms with Crippen molar-refractivity contribution in [2.24, 2.45) is 0 Å². The van der Waals surface area contributed by atoms with Crippen LogP contribution in [0.2, 0.25) is 0 Å². The van der Waals surface area contributed by atoms with E-state index in [2.05, 4.69) is 33.4 Å². The van der Waals surface area contributed by atoms with Gasteiger partial charge in [-0.3, -0.25) is 0 Å². The monoisotopic (exact) mass is 231 g/mol. The third-order valence-corrected chi connectivity index (χ3v) is 2.92. The molecule has 5 heteroatoms. The fourth-order valence-electron chi connectivity index (χ4n) is 1.80. The van der Waals surface area contributed by atoms with Crippen molar-refractivity contribution >= 4 is 5.82 Å². The fourth-order valence-corrected chi connectivity index (χ4v) is 1.80. The van der Waals surface area contributed by atoms with E-state index in [4.69, 9.17) is 5.26 Å². The Morgan fingerprint density at radius 2 is 2.00 bits per heavy atom. The van der Waals surface area contributed by atoms with Gasteiger partial charge in [-0.15, -0.1) is 0 Å². The van der Waals surface area contributed by atoms with Crippen LogP contribution in [0.3, 0.4) is 0 Å². The van der Waals surface area contributed by atoms with Crippen LogP contribution in [0.15, 0.2) is 12.1 Å². The fraction of sp³-hybridized carbons (Fsp3) is 0.500. The Hall–Kier alpha value is -1.64. The molecule has 0 spiro atoms. The molecular formula is C12H17N5. The van der Waals surface area contributed by atoms with Gasteiger partial charge in [0, 0.05) is 31.9 Å². The number of hydrazine groups is 1. The Labute approximate surface area is 102 Å². The quantitative estimate of drug-likeness (QED) is 0.817. The van der Waals surface area contributed by atoms with Gasteiger partial charge in [-0.05, 0) is 26.1 Å². The van der Waals surface area contributed by atoms with Crippen molar-refractivity contribution in [3.8, 4) is 6.07 Å². The molecule has 0 unspecified atom stereocenters.